The van der Waals surface area contributed by atoms with Gasteiger partial charge in [-0.1, -0.05) is 42.5 Å². The van der Waals surface area contributed by atoms with Crippen LogP contribution >= 0.6 is 24.0 Å². The molecular weight excluding hydrogens is 473 g/mol. The Balaban J connectivity index is 0.00000364. The molecule has 2 rings (SSSR count). The number of halogens is 1. The van der Waals surface area contributed by atoms with Crippen LogP contribution in [0.15, 0.2) is 59.6 Å². The van der Waals surface area contributed by atoms with Crippen LogP contribution in [-0.4, -0.2) is 36.1 Å². The van der Waals surface area contributed by atoms with Crippen LogP contribution in [0.25, 0.3) is 0 Å². The number of aliphatic imine (C=N–C) groups is 1. The molecule has 0 amide bonds. The van der Waals surface area contributed by atoms with Crippen molar-refractivity contribution >= 4 is 40.7 Å². The fourth-order valence-electron chi connectivity index (χ4n) is 2.40. The van der Waals surface area contributed by atoms with Crippen LogP contribution in [0.4, 0.5) is 0 Å². The molecular formula is C20H28IN3O2S. The minimum absolute atomic E-state index is 0. The lowest BCUT2D eigenvalue weighted by atomic mass is 10.2. The SMILES string of the molecule is CCNC(=NCc1cccc(OC)c1)NCCS(=O)Cc1ccccc1.I. The average Bonchev–Trinajstić information content (AvgIpc) is 2.67. The molecule has 5 nitrogen and oxygen atoms in total. The van der Waals surface area contributed by atoms with Gasteiger partial charge in [0.1, 0.15) is 5.75 Å². The topological polar surface area (TPSA) is 62.7 Å². The van der Waals surface area contributed by atoms with E-state index in [1.54, 1.807) is 7.11 Å². The molecule has 1 atom stereocenters. The van der Waals surface area contributed by atoms with E-state index in [9.17, 15) is 4.21 Å². The lowest BCUT2D eigenvalue weighted by molar-refractivity contribution is 0.414. The van der Waals surface area contributed by atoms with Gasteiger partial charge in [-0.3, -0.25) is 4.21 Å². The summed E-state index contributed by atoms with van der Waals surface area (Å²) < 4.78 is 17.4. The van der Waals surface area contributed by atoms with Gasteiger partial charge in [0.05, 0.1) is 13.7 Å². The Hall–Kier alpha value is -1.61. The summed E-state index contributed by atoms with van der Waals surface area (Å²) in [5.74, 6) is 2.72. The van der Waals surface area contributed by atoms with Crippen molar-refractivity contribution in [2.45, 2.75) is 19.2 Å². The van der Waals surface area contributed by atoms with Gasteiger partial charge in [-0.2, -0.15) is 0 Å². The molecule has 0 aliphatic heterocycles. The highest BCUT2D eigenvalue weighted by Gasteiger charge is 2.03. The molecule has 0 saturated heterocycles. The first-order valence-electron chi connectivity index (χ1n) is 8.75. The largest absolute Gasteiger partial charge is 0.497 e. The first-order valence-corrected chi connectivity index (χ1v) is 10.2. The second-order valence-electron chi connectivity index (χ2n) is 5.75. The number of ether oxygens (including phenoxy) is 1. The van der Waals surface area contributed by atoms with Gasteiger partial charge < -0.3 is 15.4 Å². The van der Waals surface area contributed by atoms with E-state index in [0.29, 0.717) is 24.6 Å². The number of guanidine groups is 1. The van der Waals surface area contributed by atoms with E-state index >= 15 is 0 Å². The highest BCUT2D eigenvalue weighted by Crippen LogP contribution is 2.13. The van der Waals surface area contributed by atoms with Crippen LogP contribution < -0.4 is 15.4 Å². The summed E-state index contributed by atoms with van der Waals surface area (Å²) in [6.45, 7) is 3.97. The third-order valence-electron chi connectivity index (χ3n) is 3.69. The summed E-state index contributed by atoms with van der Waals surface area (Å²) >= 11 is 0. The standard InChI is InChI=1S/C20H27N3O2S.HI/c1-3-21-20(23-15-18-10-7-11-19(14-18)25-2)22-12-13-26(24)16-17-8-5-4-6-9-17;/h4-11,14H,3,12-13,15-16H2,1-2H3,(H2,21,22,23);1H. The monoisotopic (exact) mass is 501 g/mol. The molecule has 2 aromatic rings. The normalized spacial score (nSPS) is 12.0. The average molecular weight is 501 g/mol. The van der Waals surface area contributed by atoms with E-state index in [-0.39, 0.29) is 24.0 Å². The zero-order chi connectivity index (χ0) is 18.6. The van der Waals surface area contributed by atoms with Crippen molar-refractivity contribution < 1.29 is 8.95 Å². The van der Waals surface area contributed by atoms with Crippen LogP contribution in [-0.2, 0) is 23.1 Å². The van der Waals surface area contributed by atoms with Gasteiger partial charge >= 0.3 is 0 Å². The summed E-state index contributed by atoms with van der Waals surface area (Å²) in [6, 6.07) is 17.8. The molecule has 1 unspecified atom stereocenters. The van der Waals surface area contributed by atoms with Gasteiger partial charge in [-0.15, -0.1) is 24.0 Å². The fraction of sp³-hybridized carbons (Fsp3) is 0.350. The second kappa shape index (κ2) is 13.5. The molecule has 0 spiro atoms. The summed E-state index contributed by atoms with van der Waals surface area (Å²) in [5.41, 5.74) is 2.18. The molecule has 0 saturated carbocycles. The number of hydrogen-bond acceptors (Lipinski definition) is 3. The molecule has 7 heteroatoms. The fourth-order valence-corrected chi connectivity index (χ4v) is 3.44. The molecule has 0 aliphatic rings. The van der Waals surface area contributed by atoms with E-state index in [1.165, 1.54) is 0 Å². The van der Waals surface area contributed by atoms with E-state index < -0.39 is 10.8 Å². The summed E-state index contributed by atoms with van der Waals surface area (Å²) in [4.78, 5) is 4.58. The van der Waals surface area contributed by atoms with Gasteiger partial charge in [-0.25, -0.2) is 4.99 Å². The smallest absolute Gasteiger partial charge is 0.191 e. The first-order chi connectivity index (χ1) is 12.7. The van der Waals surface area contributed by atoms with Crippen molar-refractivity contribution in [1.29, 1.82) is 0 Å². The Labute approximate surface area is 181 Å². The predicted molar refractivity (Wildman–Crippen MR) is 124 cm³/mol. The maximum atomic E-state index is 12.2. The molecule has 2 N–H and O–H groups in total. The van der Waals surface area contributed by atoms with Crippen LogP contribution in [0.3, 0.4) is 0 Å². The van der Waals surface area contributed by atoms with Crippen LogP contribution in [0.5, 0.6) is 5.75 Å². The number of nitrogens with zero attached hydrogens (tertiary/aromatic N) is 1. The van der Waals surface area contributed by atoms with E-state index in [2.05, 4.69) is 15.6 Å². The van der Waals surface area contributed by atoms with Crippen LogP contribution in [0.2, 0.25) is 0 Å². The number of hydrogen-bond donors (Lipinski definition) is 2. The van der Waals surface area contributed by atoms with Crippen molar-refractivity contribution in [2.75, 3.05) is 26.0 Å². The third kappa shape index (κ3) is 9.23. The van der Waals surface area contributed by atoms with Crippen molar-refractivity contribution in [3.05, 3.63) is 65.7 Å². The first kappa shape index (κ1) is 23.4. The molecule has 27 heavy (non-hydrogen) atoms. The maximum absolute atomic E-state index is 12.2. The molecule has 148 valence electrons. The molecule has 0 bridgehead atoms. The predicted octanol–water partition coefficient (Wildman–Crippen LogP) is 3.32. The van der Waals surface area contributed by atoms with Crippen molar-refractivity contribution in [3.63, 3.8) is 0 Å². The lowest BCUT2D eigenvalue weighted by Crippen LogP contribution is -2.39. The Kier molecular flexibility index (Phi) is 11.8. The van der Waals surface area contributed by atoms with Crippen molar-refractivity contribution in [2.24, 2.45) is 4.99 Å². The summed E-state index contributed by atoms with van der Waals surface area (Å²) in [5, 5.41) is 6.46. The van der Waals surface area contributed by atoms with Crippen LogP contribution in [0.1, 0.15) is 18.1 Å². The third-order valence-corrected chi connectivity index (χ3v) is 5.01. The molecule has 0 fully saturated rings. The Morgan fingerprint density at radius 3 is 2.52 bits per heavy atom. The molecule has 2 aromatic carbocycles. The highest BCUT2D eigenvalue weighted by molar-refractivity contribution is 14.0. The number of benzene rings is 2. The van der Waals surface area contributed by atoms with E-state index in [1.807, 2.05) is 61.5 Å². The lowest BCUT2D eigenvalue weighted by Gasteiger charge is -2.11. The van der Waals surface area contributed by atoms with Crippen LogP contribution in [0, 0.1) is 0 Å². The quantitative estimate of drug-likeness (QED) is 0.315. The molecule has 0 radical (unpaired) electrons. The van der Waals surface area contributed by atoms with E-state index in [4.69, 9.17) is 4.74 Å². The van der Waals surface area contributed by atoms with Gasteiger partial charge in [0, 0.05) is 35.4 Å². The number of methoxy groups -OCH3 is 1. The van der Waals surface area contributed by atoms with Crippen molar-refractivity contribution in [1.82, 2.24) is 10.6 Å². The zero-order valence-electron chi connectivity index (χ0n) is 15.8. The van der Waals surface area contributed by atoms with Gasteiger partial charge in [0.25, 0.3) is 0 Å². The van der Waals surface area contributed by atoms with Gasteiger partial charge in [-0.05, 0) is 30.2 Å². The molecule has 0 aliphatic carbocycles. The maximum Gasteiger partial charge on any atom is 0.191 e. The minimum Gasteiger partial charge on any atom is -0.497 e. The number of nitrogens with one attached hydrogen (secondary N) is 2. The van der Waals surface area contributed by atoms with Crippen molar-refractivity contribution in [3.8, 4) is 5.75 Å². The Morgan fingerprint density at radius 2 is 1.81 bits per heavy atom. The molecule has 0 aromatic heterocycles. The van der Waals surface area contributed by atoms with Gasteiger partial charge in [0.15, 0.2) is 5.96 Å². The van der Waals surface area contributed by atoms with Gasteiger partial charge in [0.2, 0.25) is 0 Å². The second-order valence-corrected chi connectivity index (χ2v) is 7.32. The number of rotatable bonds is 9. The van der Waals surface area contributed by atoms with E-state index in [0.717, 1.165) is 29.4 Å². The summed E-state index contributed by atoms with van der Waals surface area (Å²) in [7, 11) is 0.759. The Bertz CT molecular complexity index is 726. The Morgan fingerprint density at radius 1 is 1.07 bits per heavy atom. The zero-order valence-corrected chi connectivity index (χ0v) is 19.0. The minimum atomic E-state index is -0.897. The summed E-state index contributed by atoms with van der Waals surface area (Å²) in [6.07, 6.45) is 0. The highest BCUT2D eigenvalue weighted by atomic mass is 127. The molecule has 0 heterocycles.